The van der Waals surface area contributed by atoms with Crippen molar-refractivity contribution in [1.82, 2.24) is 9.88 Å². The fourth-order valence-electron chi connectivity index (χ4n) is 3.99. The van der Waals surface area contributed by atoms with Crippen LogP contribution in [-0.2, 0) is 23.8 Å². The Labute approximate surface area is 199 Å². The highest BCUT2D eigenvalue weighted by Gasteiger charge is 2.46. The van der Waals surface area contributed by atoms with Crippen molar-refractivity contribution < 1.29 is 28.6 Å². The molecule has 34 heavy (non-hydrogen) atoms. The maximum atomic E-state index is 13.5. The van der Waals surface area contributed by atoms with Gasteiger partial charge in [0.15, 0.2) is 0 Å². The predicted molar refractivity (Wildman–Crippen MR) is 128 cm³/mol. The molecule has 0 aliphatic carbocycles. The lowest BCUT2D eigenvalue weighted by atomic mass is 9.87. The van der Waals surface area contributed by atoms with E-state index >= 15 is 0 Å². The number of carbonyl (C=O) groups is 3. The van der Waals surface area contributed by atoms with E-state index in [1.807, 2.05) is 50.3 Å². The van der Waals surface area contributed by atoms with Crippen LogP contribution in [0.15, 0.2) is 36.4 Å². The van der Waals surface area contributed by atoms with Crippen LogP contribution >= 0.6 is 0 Å². The van der Waals surface area contributed by atoms with Gasteiger partial charge >= 0.3 is 12.1 Å². The standard InChI is InChI=1S/C26H32N2O6/c1-16(2)23-14-33-25(31)28(23)24(30)26(5,15-32-6)12-11-19-7-8-20-9-10-21(27-22(20)13-19)17(3)34-18(4)29/h7-13,16-17,23H,14-15H2,1-6H3/t17-,23+,26-/m1/s1. The number of cyclic esters (lactones) is 1. The minimum Gasteiger partial charge on any atom is -0.456 e. The average molecular weight is 469 g/mol. The van der Waals surface area contributed by atoms with Crippen LogP contribution in [0, 0.1) is 11.3 Å². The Balaban J connectivity index is 1.90. The normalized spacial score (nSPS) is 18.9. The van der Waals surface area contributed by atoms with Crippen molar-refractivity contribution in [3.63, 3.8) is 0 Å². The van der Waals surface area contributed by atoms with Crippen molar-refractivity contribution in [2.24, 2.45) is 11.3 Å². The number of ether oxygens (including phenoxy) is 3. The molecule has 0 unspecified atom stereocenters. The lowest BCUT2D eigenvalue weighted by Gasteiger charge is -2.31. The highest BCUT2D eigenvalue weighted by atomic mass is 16.6. The number of aromatic nitrogens is 1. The topological polar surface area (TPSA) is 95.0 Å². The second kappa shape index (κ2) is 10.3. The molecular weight excluding hydrogens is 436 g/mol. The molecule has 1 saturated heterocycles. The van der Waals surface area contributed by atoms with Crippen molar-refractivity contribution in [2.45, 2.75) is 46.8 Å². The van der Waals surface area contributed by atoms with Crippen LogP contribution in [0.3, 0.4) is 0 Å². The Bertz CT molecular complexity index is 1110. The summed E-state index contributed by atoms with van der Waals surface area (Å²) in [5.74, 6) is -0.653. The SMILES string of the molecule is COC[C@@](C)(C=Cc1ccc2ccc([C@@H](C)OC(C)=O)nc2c1)C(=O)N1C(=O)OC[C@H]1C(C)C. The van der Waals surface area contributed by atoms with E-state index in [0.29, 0.717) is 5.69 Å². The van der Waals surface area contributed by atoms with Gasteiger partial charge in [-0.1, -0.05) is 44.2 Å². The number of imide groups is 1. The zero-order valence-electron chi connectivity index (χ0n) is 20.5. The molecule has 3 rings (SSSR count). The third kappa shape index (κ3) is 5.44. The van der Waals surface area contributed by atoms with Crippen LogP contribution in [0.2, 0.25) is 0 Å². The fraction of sp³-hybridized carbons (Fsp3) is 0.462. The monoisotopic (exact) mass is 468 g/mol. The summed E-state index contributed by atoms with van der Waals surface area (Å²) in [5.41, 5.74) is 1.15. The molecule has 8 nitrogen and oxygen atoms in total. The molecule has 8 heteroatoms. The molecule has 0 bridgehead atoms. The molecule has 1 aliphatic rings. The van der Waals surface area contributed by atoms with Gasteiger partial charge in [0.1, 0.15) is 12.7 Å². The van der Waals surface area contributed by atoms with Crippen molar-refractivity contribution in [3.05, 3.63) is 47.7 Å². The van der Waals surface area contributed by atoms with Gasteiger partial charge in [0.25, 0.3) is 0 Å². The Hall–Kier alpha value is -3.26. The molecule has 1 aromatic carbocycles. The number of methoxy groups -OCH3 is 1. The number of carbonyl (C=O) groups excluding carboxylic acids is 3. The van der Waals surface area contributed by atoms with Crippen molar-refractivity contribution in [1.29, 1.82) is 0 Å². The minimum absolute atomic E-state index is 0.0707. The first kappa shape index (κ1) is 25.4. The van der Waals surface area contributed by atoms with Gasteiger partial charge in [-0.25, -0.2) is 14.7 Å². The Morgan fingerprint density at radius 1 is 1.26 bits per heavy atom. The van der Waals surface area contributed by atoms with Gasteiger partial charge in [-0.05, 0) is 37.5 Å². The molecule has 0 saturated carbocycles. The number of pyridine rings is 1. The van der Waals surface area contributed by atoms with E-state index in [0.717, 1.165) is 16.5 Å². The zero-order valence-corrected chi connectivity index (χ0v) is 20.5. The molecule has 0 N–H and O–H groups in total. The van der Waals surface area contributed by atoms with E-state index in [1.54, 1.807) is 19.9 Å². The van der Waals surface area contributed by atoms with Gasteiger partial charge in [0.05, 0.1) is 29.3 Å². The van der Waals surface area contributed by atoms with Crippen LogP contribution < -0.4 is 0 Å². The number of rotatable bonds is 8. The summed E-state index contributed by atoms with van der Waals surface area (Å²) in [6.45, 7) is 9.09. The maximum Gasteiger partial charge on any atom is 0.417 e. The molecule has 1 fully saturated rings. The molecule has 2 aromatic rings. The van der Waals surface area contributed by atoms with Gasteiger partial charge in [-0.3, -0.25) is 9.59 Å². The summed E-state index contributed by atoms with van der Waals surface area (Å²) >= 11 is 0. The minimum atomic E-state index is -1.07. The van der Waals surface area contributed by atoms with E-state index < -0.39 is 17.6 Å². The molecule has 3 atom stereocenters. The third-order valence-electron chi connectivity index (χ3n) is 5.97. The Morgan fingerprint density at radius 3 is 2.62 bits per heavy atom. The molecule has 1 aliphatic heterocycles. The first-order valence-corrected chi connectivity index (χ1v) is 11.3. The summed E-state index contributed by atoms with van der Waals surface area (Å²) < 4.78 is 15.7. The summed E-state index contributed by atoms with van der Waals surface area (Å²) in [5, 5.41) is 0.936. The summed E-state index contributed by atoms with van der Waals surface area (Å²) in [6, 6.07) is 9.20. The lowest BCUT2D eigenvalue weighted by Crippen LogP contribution is -2.49. The number of hydrogen-bond acceptors (Lipinski definition) is 7. The van der Waals surface area contributed by atoms with E-state index in [4.69, 9.17) is 14.2 Å². The summed E-state index contributed by atoms with van der Waals surface area (Å²) in [6.07, 6.45) is 2.50. The summed E-state index contributed by atoms with van der Waals surface area (Å²) in [7, 11) is 1.52. The van der Waals surface area contributed by atoms with Crippen LogP contribution in [-0.4, -0.2) is 54.2 Å². The highest BCUT2D eigenvalue weighted by Crippen LogP contribution is 2.30. The van der Waals surface area contributed by atoms with Crippen molar-refractivity contribution in [3.8, 4) is 0 Å². The Kier molecular flexibility index (Phi) is 7.71. The molecular formula is C26H32N2O6. The third-order valence-corrected chi connectivity index (χ3v) is 5.97. The van der Waals surface area contributed by atoms with Crippen LogP contribution in [0.1, 0.15) is 52.0 Å². The highest BCUT2D eigenvalue weighted by molar-refractivity contribution is 5.98. The molecule has 2 heterocycles. The van der Waals surface area contributed by atoms with Gasteiger partial charge in [-0.15, -0.1) is 0 Å². The number of amides is 2. The van der Waals surface area contributed by atoms with Crippen LogP contribution in [0.25, 0.3) is 17.0 Å². The number of hydrogen-bond donors (Lipinski definition) is 0. The van der Waals surface area contributed by atoms with Crippen LogP contribution in [0.5, 0.6) is 0 Å². The quantitative estimate of drug-likeness (QED) is 0.525. The van der Waals surface area contributed by atoms with Gasteiger partial charge in [0.2, 0.25) is 5.91 Å². The Morgan fingerprint density at radius 2 is 1.97 bits per heavy atom. The van der Waals surface area contributed by atoms with E-state index in [1.165, 1.54) is 18.9 Å². The largest absolute Gasteiger partial charge is 0.456 e. The predicted octanol–water partition coefficient (Wildman–Crippen LogP) is 4.53. The van der Waals surface area contributed by atoms with Crippen molar-refractivity contribution in [2.75, 3.05) is 20.3 Å². The van der Waals surface area contributed by atoms with Gasteiger partial charge in [-0.2, -0.15) is 0 Å². The van der Waals surface area contributed by atoms with Gasteiger partial charge < -0.3 is 14.2 Å². The molecule has 1 aromatic heterocycles. The van der Waals surface area contributed by atoms with E-state index in [-0.39, 0.29) is 37.0 Å². The van der Waals surface area contributed by atoms with E-state index in [9.17, 15) is 14.4 Å². The lowest BCUT2D eigenvalue weighted by molar-refractivity contribution is -0.146. The number of esters is 1. The zero-order chi connectivity index (χ0) is 25.0. The molecule has 0 spiro atoms. The fourth-order valence-corrected chi connectivity index (χ4v) is 3.99. The average Bonchev–Trinajstić information content (AvgIpc) is 3.17. The molecule has 0 radical (unpaired) electrons. The first-order chi connectivity index (χ1) is 16.1. The summed E-state index contributed by atoms with van der Waals surface area (Å²) in [4.78, 5) is 42.9. The first-order valence-electron chi connectivity index (χ1n) is 11.3. The maximum absolute atomic E-state index is 13.5. The van der Waals surface area contributed by atoms with Gasteiger partial charge in [0, 0.05) is 19.4 Å². The number of benzene rings is 1. The van der Waals surface area contributed by atoms with E-state index in [2.05, 4.69) is 4.98 Å². The molecule has 2 amide bonds. The van der Waals surface area contributed by atoms with Crippen LogP contribution in [0.4, 0.5) is 4.79 Å². The smallest absolute Gasteiger partial charge is 0.417 e. The second-order valence-electron chi connectivity index (χ2n) is 9.19. The second-order valence-corrected chi connectivity index (χ2v) is 9.19. The number of nitrogens with zero attached hydrogens (tertiary/aromatic N) is 2. The number of fused-ring (bicyclic) bond motifs is 1. The molecule has 182 valence electrons. The van der Waals surface area contributed by atoms with Crippen molar-refractivity contribution >= 4 is 34.9 Å².